The molecule has 0 N–H and O–H groups in total. The number of aryl methyl sites for hydroxylation is 1. The van der Waals surface area contributed by atoms with E-state index in [1.807, 2.05) is 30.3 Å². The first-order valence-corrected chi connectivity index (χ1v) is 7.87. The second kappa shape index (κ2) is 6.71. The summed E-state index contributed by atoms with van der Waals surface area (Å²) in [6.45, 7) is 8.65. The van der Waals surface area contributed by atoms with Crippen LogP contribution in [0.3, 0.4) is 0 Å². The highest BCUT2D eigenvalue weighted by Crippen LogP contribution is 2.27. The van der Waals surface area contributed by atoms with Gasteiger partial charge in [-0.1, -0.05) is 51.1 Å². The largest absolute Gasteiger partial charge is 0.289 e. The number of hydrogen-bond donors (Lipinski definition) is 0. The smallest absolute Gasteiger partial charge is 0.193 e. The molecule has 0 aliphatic heterocycles. The average molecular weight is 280 g/mol. The maximum Gasteiger partial charge on any atom is 0.193 e. The number of carbonyl (C=O) groups is 1. The summed E-state index contributed by atoms with van der Waals surface area (Å²) in [6, 6.07) is 11.7. The van der Waals surface area contributed by atoms with Crippen molar-refractivity contribution in [2.75, 3.05) is 0 Å². The van der Waals surface area contributed by atoms with Crippen LogP contribution in [0.15, 0.2) is 36.4 Å². The van der Waals surface area contributed by atoms with Gasteiger partial charge < -0.3 is 0 Å². The lowest BCUT2D eigenvalue weighted by molar-refractivity contribution is 0.103. The third-order valence-corrected chi connectivity index (χ3v) is 4.23. The van der Waals surface area contributed by atoms with Crippen molar-refractivity contribution >= 4 is 5.78 Å². The zero-order valence-electron chi connectivity index (χ0n) is 13.5. The number of rotatable bonds is 5. The SMILES string of the molecule is CCc1c(C)cc(C(=O)c2ccccc2)c(CC)c1CC. The highest BCUT2D eigenvalue weighted by molar-refractivity contribution is 6.10. The van der Waals surface area contributed by atoms with Crippen LogP contribution in [-0.2, 0) is 19.3 Å². The molecule has 0 amide bonds. The van der Waals surface area contributed by atoms with E-state index < -0.39 is 0 Å². The molecule has 0 fully saturated rings. The Kier molecular flexibility index (Phi) is 4.95. The van der Waals surface area contributed by atoms with Crippen LogP contribution < -0.4 is 0 Å². The Labute approximate surface area is 128 Å². The lowest BCUT2D eigenvalue weighted by atomic mass is 9.85. The fourth-order valence-electron chi connectivity index (χ4n) is 3.24. The number of ketones is 1. The summed E-state index contributed by atoms with van der Waals surface area (Å²) in [7, 11) is 0. The third kappa shape index (κ3) is 2.92. The summed E-state index contributed by atoms with van der Waals surface area (Å²) in [5, 5.41) is 0. The standard InChI is InChI=1S/C20H24O/c1-5-16-14(4)13-19(18(7-3)17(16)6-2)20(21)15-11-9-8-10-12-15/h8-13H,5-7H2,1-4H3. The molecule has 0 spiro atoms. The molecule has 2 aromatic carbocycles. The molecule has 0 radical (unpaired) electrons. The van der Waals surface area contributed by atoms with Gasteiger partial charge >= 0.3 is 0 Å². The van der Waals surface area contributed by atoms with Gasteiger partial charge in [-0.3, -0.25) is 4.79 Å². The van der Waals surface area contributed by atoms with E-state index in [2.05, 4.69) is 33.8 Å². The molecule has 2 aromatic rings. The van der Waals surface area contributed by atoms with Crippen molar-refractivity contribution in [1.82, 2.24) is 0 Å². The van der Waals surface area contributed by atoms with E-state index >= 15 is 0 Å². The Morgan fingerprint density at radius 3 is 1.95 bits per heavy atom. The van der Waals surface area contributed by atoms with E-state index in [1.54, 1.807) is 0 Å². The van der Waals surface area contributed by atoms with Gasteiger partial charge in [-0.2, -0.15) is 0 Å². The zero-order valence-corrected chi connectivity index (χ0v) is 13.5. The van der Waals surface area contributed by atoms with E-state index in [1.165, 1.54) is 22.3 Å². The maximum absolute atomic E-state index is 12.8. The van der Waals surface area contributed by atoms with Crippen molar-refractivity contribution in [3.63, 3.8) is 0 Å². The Morgan fingerprint density at radius 2 is 1.43 bits per heavy atom. The minimum atomic E-state index is 0.146. The topological polar surface area (TPSA) is 17.1 Å². The van der Waals surface area contributed by atoms with E-state index in [-0.39, 0.29) is 5.78 Å². The van der Waals surface area contributed by atoms with Gasteiger partial charge in [0.15, 0.2) is 5.78 Å². The third-order valence-electron chi connectivity index (χ3n) is 4.23. The van der Waals surface area contributed by atoms with Crippen molar-refractivity contribution in [2.24, 2.45) is 0 Å². The first kappa shape index (κ1) is 15.5. The van der Waals surface area contributed by atoms with E-state index in [4.69, 9.17) is 0 Å². The van der Waals surface area contributed by atoms with Crippen LogP contribution in [0.25, 0.3) is 0 Å². The summed E-state index contributed by atoms with van der Waals surface area (Å²) >= 11 is 0. The van der Waals surface area contributed by atoms with Gasteiger partial charge in [-0.25, -0.2) is 0 Å². The van der Waals surface area contributed by atoms with E-state index in [0.717, 1.165) is 30.4 Å². The minimum absolute atomic E-state index is 0.146. The first-order valence-electron chi connectivity index (χ1n) is 7.87. The number of carbonyl (C=O) groups excluding carboxylic acids is 1. The molecule has 0 unspecified atom stereocenters. The maximum atomic E-state index is 12.8. The predicted molar refractivity (Wildman–Crippen MR) is 89.2 cm³/mol. The Bertz CT molecular complexity index is 639. The Balaban J connectivity index is 2.64. The molecule has 1 nitrogen and oxygen atoms in total. The monoisotopic (exact) mass is 280 g/mol. The van der Waals surface area contributed by atoms with Crippen molar-refractivity contribution in [1.29, 1.82) is 0 Å². The Hall–Kier alpha value is -1.89. The van der Waals surface area contributed by atoms with Gasteiger partial charge in [0, 0.05) is 11.1 Å². The van der Waals surface area contributed by atoms with Crippen LogP contribution in [0.1, 0.15) is 58.9 Å². The number of hydrogen-bond acceptors (Lipinski definition) is 1. The van der Waals surface area contributed by atoms with Crippen molar-refractivity contribution < 1.29 is 4.79 Å². The van der Waals surface area contributed by atoms with Gasteiger partial charge in [0.2, 0.25) is 0 Å². The fourth-order valence-corrected chi connectivity index (χ4v) is 3.24. The molecule has 0 atom stereocenters. The quantitative estimate of drug-likeness (QED) is 0.711. The average Bonchev–Trinajstić information content (AvgIpc) is 2.53. The molecule has 110 valence electrons. The normalized spacial score (nSPS) is 10.7. The molecule has 0 aliphatic carbocycles. The fraction of sp³-hybridized carbons (Fsp3) is 0.350. The van der Waals surface area contributed by atoms with Crippen LogP contribution in [0.2, 0.25) is 0 Å². The molecule has 0 aliphatic rings. The molecular formula is C20H24O. The second-order valence-corrected chi connectivity index (χ2v) is 5.43. The minimum Gasteiger partial charge on any atom is -0.289 e. The van der Waals surface area contributed by atoms with Crippen molar-refractivity contribution in [3.8, 4) is 0 Å². The van der Waals surface area contributed by atoms with Crippen molar-refractivity contribution in [2.45, 2.75) is 47.0 Å². The molecule has 0 aromatic heterocycles. The molecule has 0 heterocycles. The van der Waals surface area contributed by atoms with E-state index in [0.29, 0.717) is 0 Å². The molecular weight excluding hydrogens is 256 g/mol. The summed E-state index contributed by atoms with van der Waals surface area (Å²) in [6.07, 6.45) is 2.93. The van der Waals surface area contributed by atoms with Crippen LogP contribution in [0.4, 0.5) is 0 Å². The zero-order chi connectivity index (χ0) is 15.4. The van der Waals surface area contributed by atoms with Gasteiger partial charge in [0.05, 0.1) is 0 Å². The first-order chi connectivity index (χ1) is 10.1. The summed E-state index contributed by atoms with van der Waals surface area (Å²) in [5.41, 5.74) is 6.92. The molecule has 2 rings (SSSR count). The van der Waals surface area contributed by atoms with Crippen LogP contribution in [-0.4, -0.2) is 5.78 Å². The highest BCUT2D eigenvalue weighted by atomic mass is 16.1. The van der Waals surface area contributed by atoms with Crippen LogP contribution in [0.5, 0.6) is 0 Å². The molecule has 0 saturated carbocycles. The lowest BCUT2D eigenvalue weighted by Crippen LogP contribution is -2.11. The predicted octanol–water partition coefficient (Wildman–Crippen LogP) is 4.91. The lowest BCUT2D eigenvalue weighted by Gasteiger charge is -2.18. The Morgan fingerprint density at radius 1 is 0.857 bits per heavy atom. The van der Waals surface area contributed by atoms with Crippen LogP contribution in [0, 0.1) is 6.92 Å². The van der Waals surface area contributed by atoms with Gasteiger partial charge in [0.1, 0.15) is 0 Å². The van der Waals surface area contributed by atoms with Crippen LogP contribution >= 0.6 is 0 Å². The molecule has 21 heavy (non-hydrogen) atoms. The van der Waals surface area contributed by atoms with Crippen molar-refractivity contribution in [3.05, 3.63) is 69.8 Å². The number of benzene rings is 2. The van der Waals surface area contributed by atoms with E-state index in [9.17, 15) is 4.79 Å². The molecule has 1 heteroatoms. The summed E-state index contributed by atoms with van der Waals surface area (Å²) in [5.74, 6) is 0.146. The molecule has 0 bridgehead atoms. The van der Waals surface area contributed by atoms with Gasteiger partial charge in [0.25, 0.3) is 0 Å². The summed E-state index contributed by atoms with van der Waals surface area (Å²) in [4.78, 5) is 12.8. The second-order valence-electron chi connectivity index (χ2n) is 5.43. The summed E-state index contributed by atoms with van der Waals surface area (Å²) < 4.78 is 0. The highest BCUT2D eigenvalue weighted by Gasteiger charge is 2.18. The van der Waals surface area contributed by atoms with Gasteiger partial charge in [-0.15, -0.1) is 0 Å². The van der Waals surface area contributed by atoms with Gasteiger partial charge in [-0.05, 0) is 54.5 Å². The molecule has 0 saturated heterocycles.